The number of amides is 1. The molecular formula is C13H8BrCl3N2O2. The smallest absolute Gasteiger partial charge is 0.275 e. The molecule has 1 aromatic carbocycles. The van der Waals surface area contributed by atoms with Gasteiger partial charge in [-0.1, -0.05) is 34.8 Å². The molecule has 0 atom stereocenters. The van der Waals surface area contributed by atoms with Crippen molar-refractivity contribution in [3.05, 3.63) is 49.6 Å². The van der Waals surface area contributed by atoms with Crippen LogP contribution in [0.1, 0.15) is 10.5 Å². The molecule has 0 bridgehead atoms. The summed E-state index contributed by atoms with van der Waals surface area (Å²) in [6.45, 7) is 0. The minimum Gasteiger partial charge on any atom is -0.493 e. The molecule has 1 N–H and O–H groups in total. The summed E-state index contributed by atoms with van der Waals surface area (Å²) >= 11 is 21.0. The van der Waals surface area contributed by atoms with E-state index < -0.39 is 5.91 Å². The van der Waals surface area contributed by atoms with E-state index in [1.165, 1.54) is 19.2 Å². The maximum Gasteiger partial charge on any atom is 0.275 e. The molecule has 110 valence electrons. The third-order valence-corrected chi connectivity index (χ3v) is 3.81. The Balaban J connectivity index is 2.38. The number of nitrogens with one attached hydrogen (secondary N) is 1. The number of carbonyl (C=O) groups is 1. The highest BCUT2D eigenvalue weighted by Crippen LogP contribution is 2.36. The van der Waals surface area contributed by atoms with Crippen molar-refractivity contribution in [3.63, 3.8) is 0 Å². The monoisotopic (exact) mass is 408 g/mol. The summed E-state index contributed by atoms with van der Waals surface area (Å²) in [4.78, 5) is 16.2. The third-order valence-electron chi connectivity index (χ3n) is 2.49. The zero-order valence-electron chi connectivity index (χ0n) is 10.6. The van der Waals surface area contributed by atoms with E-state index in [1.807, 2.05) is 0 Å². The molecular weight excluding hydrogens is 402 g/mol. The van der Waals surface area contributed by atoms with Crippen molar-refractivity contribution < 1.29 is 9.53 Å². The van der Waals surface area contributed by atoms with Crippen LogP contribution in [-0.2, 0) is 0 Å². The standard InChI is InChI=1S/C13H8BrCl3N2O2/c1-21-12-7(14)4-6(15)5-9(12)18-13(20)11-8(16)2-3-10(17)19-11/h2-5H,1H3,(H,18,20). The molecule has 0 saturated heterocycles. The molecule has 4 nitrogen and oxygen atoms in total. The third kappa shape index (κ3) is 3.80. The maximum atomic E-state index is 12.2. The van der Waals surface area contributed by atoms with Crippen LogP contribution in [0.15, 0.2) is 28.7 Å². The van der Waals surface area contributed by atoms with E-state index in [1.54, 1.807) is 12.1 Å². The van der Waals surface area contributed by atoms with Gasteiger partial charge < -0.3 is 10.1 Å². The van der Waals surface area contributed by atoms with Crippen LogP contribution < -0.4 is 10.1 Å². The molecule has 1 aromatic heterocycles. The average Bonchev–Trinajstić information content (AvgIpc) is 2.41. The fraction of sp³-hybridized carbons (Fsp3) is 0.0769. The lowest BCUT2D eigenvalue weighted by atomic mass is 10.2. The van der Waals surface area contributed by atoms with Crippen molar-refractivity contribution >= 4 is 62.3 Å². The van der Waals surface area contributed by atoms with E-state index >= 15 is 0 Å². The predicted molar refractivity (Wildman–Crippen MR) is 87.9 cm³/mol. The van der Waals surface area contributed by atoms with E-state index in [9.17, 15) is 4.79 Å². The molecule has 8 heteroatoms. The van der Waals surface area contributed by atoms with Crippen LogP contribution in [0.4, 0.5) is 5.69 Å². The highest BCUT2D eigenvalue weighted by molar-refractivity contribution is 9.10. The lowest BCUT2D eigenvalue weighted by molar-refractivity contribution is 0.102. The zero-order valence-corrected chi connectivity index (χ0v) is 14.4. The molecule has 0 spiro atoms. The fourth-order valence-corrected chi connectivity index (χ4v) is 2.93. The molecule has 1 amide bonds. The Morgan fingerprint density at radius 1 is 1.29 bits per heavy atom. The van der Waals surface area contributed by atoms with Crippen LogP contribution in [0.25, 0.3) is 0 Å². The topological polar surface area (TPSA) is 51.2 Å². The first-order valence-electron chi connectivity index (χ1n) is 5.59. The second kappa shape index (κ2) is 6.83. The molecule has 0 aliphatic heterocycles. The van der Waals surface area contributed by atoms with Gasteiger partial charge in [-0.25, -0.2) is 4.98 Å². The van der Waals surface area contributed by atoms with Crippen molar-refractivity contribution in [2.45, 2.75) is 0 Å². The molecule has 0 aliphatic rings. The fourth-order valence-electron chi connectivity index (χ4n) is 1.62. The van der Waals surface area contributed by atoms with Gasteiger partial charge in [-0.15, -0.1) is 0 Å². The SMILES string of the molecule is COc1c(Br)cc(Cl)cc1NC(=O)c1nc(Cl)ccc1Cl. The van der Waals surface area contributed by atoms with Crippen LogP contribution in [0.3, 0.4) is 0 Å². The van der Waals surface area contributed by atoms with Gasteiger partial charge >= 0.3 is 0 Å². The number of nitrogens with zero attached hydrogens (tertiary/aromatic N) is 1. The molecule has 1 heterocycles. The number of rotatable bonds is 3. The minimum atomic E-state index is -0.519. The molecule has 0 radical (unpaired) electrons. The average molecular weight is 410 g/mol. The Morgan fingerprint density at radius 3 is 2.67 bits per heavy atom. The highest BCUT2D eigenvalue weighted by Gasteiger charge is 2.17. The number of anilines is 1. The summed E-state index contributed by atoms with van der Waals surface area (Å²) in [5.74, 6) is -0.0825. The molecule has 0 unspecified atom stereocenters. The normalized spacial score (nSPS) is 10.3. The van der Waals surface area contributed by atoms with Gasteiger partial charge in [0.05, 0.1) is 22.3 Å². The number of hydrogen-bond acceptors (Lipinski definition) is 3. The van der Waals surface area contributed by atoms with Crippen LogP contribution in [0.5, 0.6) is 5.75 Å². The molecule has 21 heavy (non-hydrogen) atoms. The minimum absolute atomic E-state index is 0.0160. The summed E-state index contributed by atoms with van der Waals surface area (Å²) in [5, 5.41) is 3.44. The number of halogens is 4. The van der Waals surface area contributed by atoms with Crippen molar-refractivity contribution in [2.24, 2.45) is 0 Å². The van der Waals surface area contributed by atoms with E-state index in [0.29, 0.717) is 20.9 Å². The van der Waals surface area contributed by atoms with E-state index in [4.69, 9.17) is 39.5 Å². The van der Waals surface area contributed by atoms with Gasteiger partial charge in [0.1, 0.15) is 10.8 Å². The van der Waals surface area contributed by atoms with Gasteiger partial charge in [0.2, 0.25) is 0 Å². The number of benzene rings is 1. The second-order valence-corrected chi connectivity index (χ2v) is 5.97. The maximum absolute atomic E-state index is 12.2. The number of pyridine rings is 1. The van der Waals surface area contributed by atoms with Crippen molar-refractivity contribution in [1.29, 1.82) is 0 Å². The van der Waals surface area contributed by atoms with Gasteiger partial charge in [0.15, 0.2) is 5.75 Å². The summed E-state index contributed by atoms with van der Waals surface area (Å²) in [7, 11) is 1.48. The summed E-state index contributed by atoms with van der Waals surface area (Å²) in [6.07, 6.45) is 0. The number of ether oxygens (including phenoxy) is 1. The Kier molecular flexibility index (Phi) is 5.32. The Hall–Kier alpha value is -1.01. The molecule has 0 saturated carbocycles. The Bertz CT molecular complexity index is 710. The zero-order chi connectivity index (χ0) is 15.6. The van der Waals surface area contributed by atoms with Crippen LogP contribution in [0, 0.1) is 0 Å². The van der Waals surface area contributed by atoms with E-state index in [0.717, 1.165) is 0 Å². The number of methoxy groups -OCH3 is 1. The van der Waals surface area contributed by atoms with E-state index in [-0.39, 0.29) is 15.9 Å². The Morgan fingerprint density at radius 2 is 2.00 bits per heavy atom. The first kappa shape index (κ1) is 16.4. The van der Waals surface area contributed by atoms with Gasteiger partial charge in [-0.05, 0) is 40.2 Å². The highest BCUT2D eigenvalue weighted by atomic mass is 79.9. The Labute approximate surface area is 144 Å². The summed E-state index contributed by atoms with van der Waals surface area (Å²) < 4.78 is 5.83. The largest absolute Gasteiger partial charge is 0.493 e. The number of aromatic nitrogens is 1. The van der Waals surface area contributed by atoms with Crippen LogP contribution >= 0.6 is 50.7 Å². The second-order valence-electron chi connectivity index (χ2n) is 3.89. The van der Waals surface area contributed by atoms with E-state index in [2.05, 4.69) is 26.2 Å². The van der Waals surface area contributed by atoms with Crippen molar-refractivity contribution in [2.75, 3.05) is 12.4 Å². The van der Waals surface area contributed by atoms with Crippen LogP contribution in [-0.4, -0.2) is 18.0 Å². The summed E-state index contributed by atoms with van der Waals surface area (Å²) in [6, 6.07) is 6.20. The van der Waals surface area contributed by atoms with Gasteiger partial charge in [-0.3, -0.25) is 4.79 Å². The first-order valence-corrected chi connectivity index (χ1v) is 7.51. The van der Waals surface area contributed by atoms with Crippen molar-refractivity contribution in [1.82, 2.24) is 4.98 Å². The lowest BCUT2D eigenvalue weighted by Crippen LogP contribution is -2.15. The molecule has 2 aromatic rings. The predicted octanol–water partition coefficient (Wildman–Crippen LogP) is 5.07. The van der Waals surface area contributed by atoms with Crippen molar-refractivity contribution in [3.8, 4) is 5.75 Å². The van der Waals surface area contributed by atoms with Crippen LogP contribution in [0.2, 0.25) is 15.2 Å². The quantitative estimate of drug-likeness (QED) is 0.719. The molecule has 0 fully saturated rings. The summed E-state index contributed by atoms with van der Waals surface area (Å²) in [5.41, 5.74) is 0.405. The van der Waals surface area contributed by atoms with Gasteiger partial charge in [0, 0.05) is 5.02 Å². The number of hydrogen-bond donors (Lipinski definition) is 1. The molecule has 2 rings (SSSR count). The number of carbonyl (C=O) groups excluding carboxylic acids is 1. The first-order chi connectivity index (χ1) is 9.92. The van der Waals surface area contributed by atoms with Gasteiger partial charge in [-0.2, -0.15) is 0 Å². The van der Waals surface area contributed by atoms with Gasteiger partial charge in [0.25, 0.3) is 5.91 Å². The molecule has 0 aliphatic carbocycles. The lowest BCUT2D eigenvalue weighted by Gasteiger charge is -2.12.